The van der Waals surface area contributed by atoms with Crippen LogP contribution in [0.1, 0.15) is 31.2 Å². The highest BCUT2D eigenvalue weighted by atomic mass is 19.1. The summed E-state index contributed by atoms with van der Waals surface area (Å²) < 4.78 is 13.6. The first-order chi connectivity index (χ1) is 7.75. The number of anilines is 1. The van der Waals surface area contributed by atoms with Crippen molar-refractivity contribution in [3.05, 3.63) is 29.6 Å². The Balaban J connectivity index is 2.10. The van der Waals surface area contributed by atoms with E-state index in [1.807, 2.05) is 13.0 Å². The SMILES string of the molecule is Cc1ccc(NC2=NCCCCC2)c(F)c1. The van der Waals surface area contributed by atoms with Crippen molar-refractivity contribution in [2.24, 2.45) is 4.99 Å². The summed E-state index contributed by atoms with van der Waals surface area (Å²) in [5, 5.41) is 3.09. The minimum Gasteiger partial charge on any atom is -0.342 e. The fourth-order valence-corrected chi connectivity index (χ4v) is 1.85. The smallest absolute Gasteiger partial charge is 0.146 e. The van der Waals surface area contributed by atoms with Crippen molar-refractivity contribution in [3.8, 4) is 0 Å². The third kappa shape index (κ3) is 2.81. The van der Waals surface area contributed by atoms with Gasteiger partial charge in [0.25, 0.3) is 0 Å². The summed E-state index contributed by atoms with van der Waals surface area (Å²) in [6.45, 7) is 2.74. The molecule has 1 heterocycles. The Morgan fingerprint density at radius 1 is 1.25 bits per heavy atom. The van der Waals surface area contributed by atoms with Crippen LogP contribution in [0.3, 0.4) is 0 Å². The first-order valence-corrected chi connectivity index (χ1v) is 5.82. The number of amidine groups is 1. The van der Waals surface area contributed by atoms with Crippen LogP contribution in [-0.2, 0) is 0 Å². The second-order valence-electron chi connectivity index (χ2n) is 4.25. The molecule has 1 aliphatic heterocycles. The van der Waals surface area contributed by atoms with Crippen LogP contribution in [0.5, 0.6) is 0 Å². The summed E-state index contributed by atoms with van der Waals surface area (Å²) in [4.78, 5) is 4.42. The molecule has 0 aliphatic carbocycles. The number of rotatable bonds is 1. The summed E-state index contributed by atoms with van der Waals surface area (Å²) in [5.74, 6) is 0.715. The Kier molecular flexibility index (Phi) is 3.54. The Bertz CT molecular complexity index is 399. The lowest BCUT2D eigenvalue weighted by Crippen LogP contribution is -2.12. The van der Waals surface area contributed by atoms with Crippen LogP contribution in [-0.4, -0.2) is 12.4 Å². The van der Waals surface area contributed by atoms with E-state index in [-0.39, 0.29) is 5.82 Å². The molecule has 0 spiro atoms. The third-order valence-electron chi connectivity index (χ3n) is 2.78. The Hall–Kier alpha value is -1.38. The van der Waals surface area contributed by atoms with Gasteiger partial charge in [-0.2, -0.15) is 0 Å². The van der Waals surface area contributed by atoms with Crippen LogP contribution in [0.4, 0.5) is 10.1 Å². The fourth-order valence-electron chi connectivity index (χ4n) is 1.85. The number of halogens is 1. The second-order valence-corrected chi connectivity index (χ2v) is 4.25. The molecule has 3 heteroatoms. The van der Waals surface area contributed by atoms with E-state index in [0.717, 1.165) is 37.2 Å². The number of nitrogens with zero attached hydrogens (tertiary/aromatic N) is 1. The zero-order valence-electron chi connectivity index (χ0n) is 9.59. The number of aliphatic imine (C=N–C) groups is 1. The van der Waals surface area contributed by atoms with Crippen LogP contribution >= 0.6 is 0 Å². The van der Waals surface area contributed by atoms with Crippen molar-refractivity contribution < 1.29 is 4.39 Å². The first-order valence-electron chi connectivity index (χ1n) is 5.82. The van der Waals surface area contributed by atoms with Crippen LogP contribution in [0, 0.1) is 12.7 Å². The minimum absolute atomic E-state index is 0.202. The summed E-state index contributed by atoms with van der Waals surface area (Å²) in [6.07, 6.45) is 4.42. The molecular weight excluding hydrogens is 203 g/mol. The van der Waals surface area contributed by atoms with Gasteiger partial charge < -0.3 is 5.32 Å². The fraction of sp³-hybridized carbons (Fsp3) is 0.462. The molecule has 2 rings (SSSR count). The van der Waals surface area contributed by atoms with Crippen LogP contribution in [0.15, 0.2) is 23.2 Å². The summed E-state index contributed by atoms with van der Waals surface area (Å²) >= 11 is 0. The number of hydrogen-bond donors (Lipinski definition) is 1. The van der Waals surface area contributed by atoms with Gasteiger partial charge in [-0.3, -0.25) is 4.99 Å². The Morgan fingerprint density at radius 3 is 2.94 bits per heavy atom. The maximum absolute atomic E-state index is 13.6. The van der Waals surface area contributed by atoms with Gasteiger partial charge in [0.1, 0.15) is 11.7 Å². The number of aryl methyl sites for hydroxylation is 1. The molecule has 0 bridgehead atoms. The lowest BCUT2D eigenvalue weighted by atomic mass is 10.2. The zero-order chi connectivity index (χ0) is 11.4. The number of benzene rings is 1. The second kappa shape index (κ2) is 5.10. The van der Waals surface area contributed by atoms with E-state index in [1.165, 1.54) is 6.42 Å². The van der Waals surface area contributed by atoms with E-state index >= 15 is 0 Å². The predicted molar refractivity (Wildman–Crippen MR) is 65.5 cm³/mol. The maximum Gasteiger partial charge on any atom is 0.146 e. The molecule has 1 aliphatic rings. The number of hydrogen-bond acceptors (Lipinski definition) is 2. The van der Waals surface area contributed by atoms with Crippen LogP contribution in [0.25, 0.3) is 0 Å². The van der Waals surface area contributed by atoms with Gasteiger partial charge in [-0.15, -0.1) is 0 Å². The molecule has 0 atom stereocenters. The summed E-state index contributed by atoms with van der Waals surface area (Å²) in [6, 6.07) is 5.22. The van der Waals surface area contributed by atoms with E-state index in [1.54, 1.807) is 12.1 Å². The lowest BCUT2D eigenvalue weighted by molar-refractivity contribution is 0.631. The van der Waals surface area contributed by atoms with Crippen molar-refractivity contribution in [3.63, 3.8) is 0 Å². The van der Waals surface area contributed by atoms with Crippen molar-refractivity contribution in [1.82, 2.24) is 0 Å². The molecule has 0 unspecified atom stereocenters. The molecule has 0 fully saturated rings. The highest BCUT2D eigenvalue weighted by Crippen LogP contribution is 2.17. The minimum atomic E-state index is -0.202. The lowest BCUT2D eigenvalue weighted by Gasteiger charge is -2.09. The topological polar surface area (TPSA) is 24.4 Å². The molecular formula is C13H17FN2. The average Bonchev–Trinajstić information content (AvgIpc) is 2.51. The van der Waals surface area contributed by atoms with E-state index in [9.17, 15) is 4.39 Å². The number of nitrogens with one attached hydrogen (secondary N) is 1. The summed E-state index contributed by atoms with van der Waals surface area (Å²) in [5.41, 5.74) is 1.47. The third-order valence-corrected chi connectivity index (χ3v) is 2.78. The normalized spacial score (nSPS) is 16.5. The zero-order valence-corrected chi connectivity index (χ0v) is 9.59. The van der Waals surface area contributed by atoms with Crippen molar-refractivity contribution >= 4 is 11.5 Å². The molecule has 0 aromatic heterocycles. The van der Waals surface area contributed by atoms with Gasteiger partial charge in [0.2, 0.25) is 0 Å². The van der Waals surface area contributed by atoms with E-state index in [4.69, 9.17) is 0 Å². The first kappa shape index (κ1) is 11.1. The van der Waals surface area contributed by atoms with Gasteiger partial charge in [0.05, 0.1) is 5.69 Å². The van der Waals surface area contributed by atoms with Crippen molar-refractivity contribution in [2.75, 3.05) is 11.9 Å². The van der Waals surface area contributed by atoms with Crippen molar-refractivity contribution in [2.45, 2.75) is 32.6 Å². The predicted octanol–water partition coefficient (Wildman–Crippen LogP) is 3.52. The molecule has 2 nitrogen and oxygen atoms in total. The standard InChI is InChI=1S/C13H17FN2/c1-10-6-7-12(11(14)9-10)16-13-5-3-2-4-8-15-13/h6-7,9H,2-5,8H2,1H3,(H,15,16). The monoisotopic (exact) mass is 220 g/mol. The Labute approximate surface area is 95.6 Å². The van der Waals surface area contributed by atoms with Crippen LogP contribution in [0.2, 0.25) is 0 Å². The molecule has 0 saturated heterocycles. The van der Waals surface area contributed by atoms with Gasteiger partial charge in [0.15, 0.2) is 0 Å². The van der Waals surface area contributed by atoms with Gasteiger partial charge in [0, 0.05) is 13.0 Å². The maximum atomic E-state index is 13.6. The largest absolute Gasteiger partial charge is 0.342 e. The van der Waals surface area contributed by atoms with Gasteiger partial charge >= 0.3 is 0 Å². The molecule has 1 N–H and O–H groups in total. The van der Waals surface area contributed by atoms with Crippen molar-refractivity contribution in [1.29, 1.82) is 0 Å². The molecule has 1 aromatic rings. The summed E-state index contributed by atoms with van der Waals surface area (Å²) in [7, 11) is 0. The van der Waals surface area contributed by atoms with Gasteiger partial charge in [-0.25, -0.2) is 4.39 Å². The molecule has 0 radical (unpaired) electrons. The molecule has 16 heavy (non-hydrogen) atoms. The van der Waals surface area contributed by atoms with Gasteiger partial charge in [-0.1, -0.05) is 12.5 Å². The quantitative estimate of drug-likeness (QED) is 0.769. The molecule has 86 valence electrons. The van der Waals surface area contributed by atoms with E-state index in [0.29, 0.717) is 5.69 Å². The molecule has 0 amide bonds. The molecule has 0 saturated carbocycles. The molecule has 1 aromatic carbocycles. The average molecular weight is 220 g/mol. The Morgan fingerprint density at radius 2 is 2.12 bits per heavy atom. The van der Waals surface area contributed by atoms with Crippen LogP contribution < -0.4 is 5.32 Å². The van der Waals surface area contributed by atoms with E-state index in [2.05, 4.69) is 10.3 Å². The highest BCUT2D eigenvalue weighted by Gasteiger charge is 2.07. The van der Waals surface area contributed by atoms with Gasteiger partial charge in [-0.05, 0) is 37.5 Å². The highest BCUT2D eigenvalue weighted by molar-refractivity contribution is 5.95. The van der Waals surface area contributed by atoms with E-state index < -0.39 is 0 Å².